The Morgan fingerprint density at radius 2 is 2.00 bits per heavy atom. The molecule has 0 saturated carbocycles. The quantitative estimate of drug-likeness (QED) is 0.0946. The summed E-state index contributed by atoms with van der Waals surface area (Å²) in [5.74, 6) is 1.20. The van der Waals surface area contributed by atoms with Gasteiger partial charge in [-0.25, -0.2) is 4.79 Å². The molecule has 1 N–H and O–H groups in total. The van der Waals surface area contributed by atoms with Crippen LogP contribution in [0.25, 0.3) is 5.57 Å². The van der Waals surface area contributed by atoms with Crippen LogP contribution in [0.5, 0.6) is 0 Å². The molecule has 2 unspecified atom stereocenters. The number of esters is 1. The van der Waals surface area contributed by atoms with Crippen LogP contribution in [0.3, 0.4) is 0 Å². The van der Waals surface area contributed by atoms with Crippen molar-refractivity contribution in [1.29, 1.82) is 0 Å². The van der Waals surface area contributed by atoms with E-state index in [1.165, 1.54) is 18.4 Å². The second-order valence-corrected chi connectivity index (χ2v) is 8.56. The Morgan fingerprint density at radius 1 is 1.25 bits per heavy atom. The first-order chi connectivity index (χ1) is 15.4. The Balaban J connectivity index is 2.22. The van der Waals surface area contributed by atoms with E-state index in [2.05, 4.69) is 59.7 Å². The lowest BCUT2D eigenvalue weighted by Crippen LogP contribution is -2.10. The van der Waals surface area contributed by atoms with Crippen LogP contribution in [0.15, 0.2) is 73.1 Å². The molecule has 0 aliphatic heterocycles. The van der Waals surface area contributed by atoms with Gasteiger partial charge < -0.3 is 14.6 Å². The number of carbonyl (C=O) groups excluding carboxylic acids is 1. The molecular formula is C27H35O4P. The van der Waals surface area contributed by atoms with E-state index in [0.29, 0.717) is 29.6 Å². The Hall–Kier alpha value is -2.42. The maximum atomic E-state index is 11.2. The van der Waals surface area contributed by atoms with Crippen molar-refractivity contribution < 1.29 is 19.4 Å². The topological polar surface area (TPSA) is 55.8 Å². The maximum absolute atomic E-state index is 11.2. The standard InChI is InChI=1S/C27H35O4P/c1-5-21(17-25(20(4)13-14-28)30-15-16-31-27(29)6-2)24-12-11-23(18-26(24)32)22-9-7-19(3)8-10-22/h5-7,9,11-12,17-19,22,28H,2,4,8,10,13-16,32H2,1,3H3/b21-5+,25-17+/t19-,22?/m0/s1. The van der Waals surface area contributed by atoms with Crippen molar-refractivity contribution >= 4 is 26.1 Å². The van der Waals surface area contributed by atoms with Crippen LogP contribution < -0.4 is 5.30 Å². The van der Waals surface area contributed by atoms with Gasteiger partial charge in [-0.2, -0.15) is 0 Å². The van der Waals surface area contributed by atoms with Gasteiger partial charge in [0.15, 0.2) is 0 Å². The minimum Gasteiger partial charge on any atom is -0.490 e. The minimum absolute atomic E-state index is 0.0206. The summed E-state index contributed by atoms with van der Waals surface area (Å²) < 4.78 is 10.8. The van der Waals surface area contributed by atoms with Crippen molar-refractivity contribution in [3.8, 4) is 0 Å². The van der Waals surface area contributed by atoms with Crippen molar-refractivity contribution in [2.24, 2.45) is 5.92 Å². The zero-order chi connectivity index (χ0) is 23.5. The lowest BCUT2D eigenvalue weighted by Gasteiger charge is -2.22. The second kappa shape index (κ2) is 13.2. The largest absolute Gasteiger partial charge is 0.490 e. The normalized spacial score (nSPS) is 18.9. The van der Waals surface area contributed by atoms with Gasteiger partial charge in [-0.1, -0.05) is 56.5 Å². The van der Waals surface area contributed by atoms with Gasteiger partial charge in [0.25, 0.3) is 0 Å². The molecule has 3 atom stereocenters. The predicted octanol–water partition coefficient (Wildman–Crippen LogP) is 5.23. The molecule has 4 nitrogen and oxygen atoms in total. The van der Waals surface area contributed by atoms with E-state index in [4.69, 9.17) is 9.47 Å². The summed E-state index contributed by atoms with van der Waals surface area (Å²) in [5.41, 5.74) is 4.09. The predicted molar refractivity (Wildman–Crippen MR) is 136 cm³/mol. The molecule has 172 valence electrons. The lowest BCUT2D eigenvalue weighted by molar-refractivity contribution is -0.138. The number of benzene rings is 1. The Labute approximate surface area is 194 Å². The summed E-state index contributed by atoms with van der Waals surface area (Å²) in [7, 11) is 2.85. The van der Waals surface area contributed by atoms with Gasteiger partial charge >= 0.3 is 5.97 Å². The van der Waals surface area contributed by atoms with E-state index in [1.54, 1.807) is 0 Å². The first kappa shape index (κ1) is 25.8. The van der Waals surface area contributed by atoms with Crippen LogP contribution in [0.4, 0.5) is 0 Å². The Kier molecular flexibility index (Phi) is 10.7. The molecule has 1 aromatic carbocycles. The number of ether oxygens (including phenoxy) is 2. The van der Waals surface area contributed by atoms with Gasteiger partial charge in [0.2, 0.25) is 0 Å². The van der Waals surface area contributed by atoms with Crippen LogP contribution in [0.1, 0.15) is 50.2 Å². The summed E-state index contributed by atoms with van der Waals surface area (Å²) in [6.45, 7) is 11.9. The highest BCUT2D eigenvalue weighted by Gasteiger charge is 2.16. The molecule has 1 aromatic rings. The number of hydrogen-bond acceptors (Lipinski definition) is 4. The smallest absolute Gasteiger partial charge is 0.330 e. The average Bonchev–Trinajstić information content (AvgIpc) is 2.79. The highest BCUT2D eigenvalue weighted by atomic mass is 31.0. The third-order valence-electron chi connectivity index (χ3n) is 5.53. The first-order valence-corrected chi connectivity index (χ1v) is 11.6. The fourth-order valence-corrected chi connectivity index (χ4v) is 4.08. The SMILES string of the molecule is C=CC(=O)OCCO/C(=C/C(=C\C)c1ccc(C2C=C[C@H](C)CC2)cc1P)C(=C)CCO. The third-order valence-corrected chi connectivity index (χ3v) is 6.01. The van der Waals surface area contributed by atoms with Crippen LogP contribution in [0.2, 0.25) is 0 Å². The molecule has 0 heterocycles. The van der Waals surface area contributed by atoms with Crippen molar-refractivity contribution in [2.45, 2.75) is 39.0 Å². The molecule has 0 saturated heterocycles. The molecule has 1 aliphatic carbocycles. The molecule has 0 amide bonds. The van der Waals surface area contributed by atoms with Crippen LogP contribution in [0, 0.1) is 5.92 Å². The maximum Gasteiger partial charge on any atom is 0.330 e. The zero-order valence-electron chi connectivity index (χ0n) is 19.2. The summed E-state index contributed by atoms with van der Waals surface area (Å²) >= 11 is 0. The van der Waals surface area contributed by atoms with Gasteiger partial charge in [-0.15, -0.1) is 9.24 Å². The first-order valence-electron chi connectivity index (χ1n) is 11.1. The molecule has 0 fully saturated rings. The second-order valence-electron chi connectivity index (χ2n) is 7.94. The van der Waals surface area contributed by atoms with Crippen molar-refractivity contribution in [3.63, 3.8) is 0 Å². The Morgan fingerprint density at radius 3 is 2.59 bits per heavy atom. The van der Waals surface area contributed by atoms with E-state index in [-0.39, 0.29) is 19.8 Å². The molecule has 1 aliphatic rings. The average molecular weight is 455 g/mol. The summed E-state index contributed by atoms with van der Waals surface area (Å²) in [5, 5.41) is 10.5. The number of hydrogen-bond donors (Lipinski definition) is 1. The summed E-state index contributed by atoms with van der Waals surface area (Å²) in [6.07, 6.45) is 12.5. The van der Waals surface area contributed by atoms with E-state index >= 15 is 0 Å². The van der Waals surface area contributed by atoms with Crippen molar-refractivity contribution in [2.75, 3.05) is 19.8 Å². The fourth-order valence-electron chi connectivity index (χ4n) is 3.63. The number of allylic oxidation sites excluding steroid dienone is 6. The molecular weight excluding hydrogens is 419 g/mol. The summed E-state index contributed by atoms with van der Waals surface area (Å²) in [4.78, 5) is 11.2. The molecule has 32 heavy (non-hydrogen) atoms. The lowest BCUT2D eigenvalue weighted by atomic mass is 9.84. The summed E-state index contributed by atoms with van der Waals surface area (Å²) in [6, 6.07) is 6.58. The van der Waals surface area contributed by atoms with Crippen LogP contribution >= 0.6 is 9.24 Å². The third kappa shape index (κ3) is 7.62. The molecule has 0 spiro atoms. The van der Waals surface area contributed by atoms with E-state index in [1.807, 2.05) is 19.1 Å². The molecule has 0 radical (unpaired) electrons. The number of aliphatic hydroxyl groups is 1. The van der Waals surface area contributed by atoms with Gasteiger partial charge in [0.05, 0.1) is 0 Å². The minimum atomic E-state index is -0.488. The fraction of sp³-hybridized carbons (Fsp3) is 0.370. The number of carbonyl (C=O) groups is 1. The molecule has 5 heteroatoms. The zero-order valence-corrected chi connectivity index (χ0v) is 20.3. The van der Waals surface area contributed by atoms with E-state index in [0.717, 1.165) is 22.5 Å². The molecule has 0 aromatic heterocycles. The Bertz CT molecular complexity index is 910. The van der Waals surface area contributed by atoms with Gasteiger partial charge in [-0.3, -0.25) is 0 Å². The highest BCUT2D eigenvalue weighted by molar-refractivity contribution is 7.27. The van der Waals surface area contributed by atoms with Crippen LogP contribution in [-0.4, -0.2) is 30.9 Å². The number of aliphatic hydroxyl groups excluding tert-OH is 1. The van der Waals surface area contributed by atoms with Gasteiger partial charge in [-0.05, 0) is 65.8 Å². The molecule has 0 bridgehead atoms. The van der Waals surface area contributed by atoms with Crippen LogP contribution in [-0.2, 0) is 14.3 Å². The molecule has 2 rings (SSSR count). The van der Waals surface area contributed by atoms with Gasteiger partial charge in [0, 0.05) is 18.6 Å². The van der Waals surface area contributed by atoms with E-state index in [9.17, 15) is 9.90 Å². The van der Waals surface area contributed by atoms with Gasteiger partial charge in [0.1, 0.15) is 19.0 Å². The monoisotopic (exact) mass is 454 g/mol. The van der Waals surface area contributed by atoms with E-state index < -0.39 is 5.97 Å². The van der Waals surface area contributed by atoms with Crippen molar-refractivity contribution in [1.82, 2.24) is 0 Å². The highest BCUT2D eigenvalue weighted by Crippen LogP contribution is 2.31. The van der Waals surface area contributed by atoms with Crippen molar-refractivity contribution in [3.05, 3.63) is 84.2 Å². The number of rotatable bonds is 11.